The number of nitrogens with one attached hydrogen (secondary N) is 1. The molecule has 0 radical (unpaired) electrons. The van der Waals surface area contributed by atoms with Gasteiger partial charge in [-0.1, -0.05) is 12.1 Å². The number of imide groups is 2. The van der Waals surface area contributed by atoms with Crippen LogP contribution >= 0.6 is 0 Å². The van der Waals surface area contributed by atoms with Crippen molar-refractivity contribution < 1.29 is 23.9 Å². The maximum absolute atomic E-state index is 13.3. The number of ether oxygens (including phenoxy) is 1. The molecule has 0 aromatic heterocycles. The summed E-state index contributed by atoms with van der Waals surface area (Å²) in [6.45, 7) is 4.40. The normalized spacial score (nSPS) is 27.8. The van der Waals surface area contributed by atoms with E-state index in [1.54, 1.807) is 12.1 Å². The van der Waals surface area contributed by atoms with Crippen molar-refractivity contribution in [1.29, 1.82) is 0 Å². The van der Waals surface area contributed by atoms with Gasteiger partial charge in [0.15, 0.2) is 0 Å². The van der Waals surface area contributed by atoms with Gasteiger partial charge in [0.2, 0.25) is 11.8 Å². The molecule has 4 aliphatic heterocycles. The van der Waals surface area contributed by atoms with E-state index in [4.69, 9.17) is 10.5 Å². The lowest BCUT2D eigenvalue weighted by Crippen LogP contribution is -2.54. The van der Waals surface area contributed by atoms with Crippen LogP contribution < -0.4 is 11.1 Å². The van der Waals surface area contributed by atoms with Gasteiger partial charge in [0.25, 0.3) is 11.8 Å². The molecule has 0 aliphatic carbocycles. The standard InChI is InChI=1S/C23H28N4O5/c24-10-15-12-26(13-23(15)6-8-32-9-7-23)11-14-2-1-3-16-19(14)22(31)27(21(16)30)17-4-5-18(28)25-20(17)29/h1-3,15,17H,4-13,24H2,(H,25,28,29). The summed E-state index contributed by atoms with van der Waals surface area (Å²) in [4.78, 5) is 53.6. The summed E-state index contributed by atoms with van der Waals surface area (Å²) in [7, 11) is 0. The lowest BCUT2D eigenvalue weighted by atomic mass is 9.72. The van der Waals surface area contributed by atoms with Gasteiger partial charge in [0.1, 0.15) is 6.04 Å². The van der Waals surface area contributed by atoms with Crippen molar-refractivity contribution in [3.8, 4) is 0 Å². The molecule has 0 bridgehead atoms. The first kappa shape index (κ1) is 21.2. The van der Waals surface area contributed by atoms with Gasteiger partial charge in [-0.2, -0.15) is 0 Å². The highest BCUT2D eigenvalue weighted by atomic mass is 16.5. The highest BCUT2D eigenvalue weighted by molar-refractivity contribution is 6.24. The molecule has 9 nitrogen and oxygen atoms in total. The maximum Gasteiger partial charge on any atom is 0.262 e. The van der Waals surface area contributed by atoms with Crippen LogP contribution in [0.4, 0.5) is 0 Å². The molecule has 3 fully saturated rings. The van der Waals surface area contributed by atoms with Crippen LogP contribution in [0.5, 0.6) is 0 Å². The Morgan fingerprint density at radius 3 is 2.62 bits per heavy atom. The third-order valence-corrected chi connectivity index (χ3v) is 7.60. The van der Waals surface area contributed by atoms with E-state index in [1.165, 1.54) is 0 Å². The van der Waals surface area contributed by atoms with Gasteiger partial charge in [0, 0.05) is 39.3 Å². The molecule has 1 spiro atoms. The average molecular weight is 441 g/mol. The molecule has 4 amide bonds. The number of carbonyl (C=O) groups excluding carboxylic acids is 4. The summed E-state index contributed by atoms with van der Waals surface area (Å²) in [5.74, 6) is -1.52. The molecule has 4 aliphatic rings. The number of hydrogen-bond acceptors (Lipinski definition) is 7. The Labute approximate surface area is 186 Å². The first-order valence-corrected chi connectivity index (χ1v) is 11.3. The number of likely N-dealkylation sites (tertiary alicyclic amines) is 1. The number of carbonyl (C=O) groups is 4. The van der Waals surface area contributed by atoms with Crippen LogP contribution in [-0.4, -0.2) is 72.3 Å². The van der Waals surface area contributed by atoms with E-state index in [9.17, 15) is 19.2 Å². The zero-order valence-electron chi connectivity index (χ0n) is 18.0. The molecule has 3 saturated heterocycles. The fourth-order valence-electron chi connectivity index (χ4n) is 5.89. The first-order valence-electron chi connectivity index (χ1n) is 11.3. The van der Waals surface area contributed by atoms with Gasteiger partial charge < -0.3 is 10.5 Å². The Morgan fingerprint density at radius 1 is 1.12 bits per heavy atom. The summed E-state index contributed by atoms with van der Waals surface area (Å²) < 4.78 is 5.57. The fourth-order valence-corrected chi connectivity index (χ4v) is 5.89. The molecule has 2 atom stereocenters. The Bertz CT molecular complexity index is 987. The van der Waals surface area contributed by atoms with Crippen molar-refractivity contribution in [3.63, 3.8) is 0 Å². The van der Waals surface area contributed by atoms with Crippen LogP contribution in [0.15, 0.2) is 18.2 Å². The summed E-state index contributed by atoms with van der Waals surface area (Å²) in [5, 5.41) is 2.24. The smallest absolute Gasteiger partial charge is 0.262 e. The Kier molecular flexibility index (Phi) is 5.35. The van der Waals surface area contributed by atoms with Crippen molar-refractivity contribution in [2.24, 2.45) is 17.1 Å². The Balaban J connectivity index is 1.39. The minimum absolute atomic E-state index is 0.108. The molecule has 4 heterocycles. The van der Waals surface area contributed by atoms with Crippen LogP contribution in [-0.2, 0) is 20.9 Å². The van der Waals surface area contributed by atoms with E-state index in [0.717, 1.165) is 49.6 Å². The van der Waals surface area contributed by atoms with Crippen molar-refractivity contribution in [3.05, 3.63) is 34.9 Å². The molecule has 0 saturated carbocycles. The van der Waals surface area contributed by atoms with Crippen LogP contribution in [0.3, 0.4) is 0 Å². The second-order valence-corrected chi connectivity index (χ2v) is 9.36. The zero-order valence-corrected chi connectivity index (χ0v) is 18.0. The number of rotatable bonds is 4. The van der Waals surface area contributed by atoms with Gasteiger partial charge >= 0.3 is 0 Å². The SMILES string of the molecule is NCC1CN(Cc2cccc3c2C(=O)N(C2CCC(=O)NC2=O)C3=O)CC12CCOCC2. The highest BCUT2D eigenvalue weighted by Gasteiger charge is 2.48. The summed E-state index contributed by atoms with van der Waals surface area (Å²) >= 11 is 0. The van der Waals surface area contributed by atoms with E-state index in [-0.39, 0.29) is 24.2 Å². The molecule has 9 heteroatoms. The van der Waals surface area contributed by atoms with Gasteiger partial charge in [-0.25, -0.2) is 0 Å². The highest BCUT2D eigenvalue weighted by Crippen LogP contribution is 2.44. The molecular weight excluding hydrogens is 412 g/mol. The van der Waals surface area contributed by atoms with Crippen molar-refractivity contribution >= 4 is 23.6 Å². The molecule has 1 aromatic rings. The van der Waals surface area contributed by atoms with E-state index in [2.05, 4.69) is 10.2 Å². The third-order valence-electron chi connectivity index (χ3n) is 7.60. The predicted octanol–water partition coefficient (Wildman–Crippen LogP) is 0.275. The average Bonchev–Trinajstić information content (AvgIpc) is 3.23. The summed E-state index contributed by atoms with van der Waals surface area (Å²) in [6, 6.07) is 4.35. The Morgan fingerprint density at radius 2 is 1.91 bits per heavy atom. The topological polar surface area (TPSA) is 122 Å². The van der Waals surface area contributed by atoms with Crippen molar-refractivity contribution in [2.45, 2.75) is 38.3 Å². The number of nitrogens with two attached hydrogens (primary N) is 1. The van der Waals surface area contributed by atoms with Crippen LogP contribution in [0, 0.1) is 11.3 Å². The largest absolute Gasteiger partial charge is 0.381 e. The van der Waals surface area contributed by atoms with Gasteiger partial charge in [-0.05, 0) is 48.8 Å². The summed E-state index contributed by atoms with van der Waals surface area (Å²) in [6.07, 6.45) is 2.23. The third kappa shape index (κ3) is 3.35. The Hall–Kier alpha value is -2.62. The van der Waals surface area contributed by atoms with E-state index >= 15 is 0 Å². The quantitative estimate of drug-likeness (QED) is 0.645. The van der Waals surface area contributed by atoms with E-state index < -0.39 is 23.8 Å². The number of amides is 4. The van der Waals surface area contributed by atoms with E-state index in [0.29, 0.717) is 30.1 Å². The minimum atomic E-state index is -0.952. The van der Waals surface area contributed by atoms with Crippen molar-refractivity contribution in [2.75, 3.05) is 32.8 Å². The van der Waals surface area contributed by atoms with Gasteiger partial charge in [-0.3, -0.25) is 34.3 Å². The molecule has 32 heavy (non-hydrogen) atoms. The number of benzene rings is 1. The minimum Gasteiger partial charge on any atom is -0.381 e. The maximum atomic E-state index is 13.3. The number of fused-ring (bicyclic) bond motifs is 1. The van der Waals surface area contributed by atoms with E-state index in [1.807, 2.05) is 6.07 Å². The molecule has 3 N–H and O–H groups in total. The molecular formula is C23H28N4O5. The second kappa shape index (κ2) is 8.06. The first-order chi connectivity index (χ1) is 15.4. The van der Waals surface area contributed by atoms with Crippen LogP contribution in [0.2, 0.25) is 0 Å². The predicted molar refractivity (Wildman–Crippen MR) is 113 cm³/mol. The van der Waals surface area contributed by atoms with Gasteiger partial charge in [0.05, 0.1) is 11.1 Å². The fraction of sp³-hybridized carbons (Fsp3) is 0.565. The number of nitrogens with zero attached hydrogens (tertiary/aromatic N) is 2. The number of piperidine rings is 1. The molecule has 1 aromatic carbocycles. The number of hydrogen-bond donors (Lipinski definition) is 2. The van der Waals surface area contributed by atoms with Crippen LogP contribution in [0.1, 0.15) is 52.0 Å². The molecule has 5 rings (SSSR count). The second-order valence-electron chi connectivity index (χ2n) is 9.36. The lowest BCUT2D eigenvalue weighted by molar-refractivity contribution is -0.136. The zero-order chi connectivity index (χ0) is 22.5. The molecule has 2 unspecified atom stereocenters. The van der Waals surface area contributed by atoms with Gasteiger partial charge in [-0.15, -0.1) is 0 Å². The lowest BCUT2D eigenvalue weighted by Gasteiger charge is -2.37. The monoisotopic (exact) mass is 440 g/mol. The van der Waals surface area contributed by atoms with Crippen molar-refractivity contribution in [1.82, 2.24) is 15.1 Å². The summed E-state index contributed by atoms with van der Waals surface area (Å²) in [5.41, 5.74) is 7.75. The van der Waals surface area contributed by atoms with Crippen LogP contribution in [0.25, 0.3) is 0 Å². The molecule has 170 valence electrons.